The first kappa shape index (κ1) is 14.7. The smallest absolute Gasteiger partial charge is 0.0977 e. The Morgan fingerprint density at radius 2 is 1.96 bits per heavy atom. The third-order valence-corrected chi connectivity index (χ3v) is 5.54. The van der Waals surface area contributed by atoms with Crippen molar-refractivity contribution in [3.05, 3.63) is 59.9 Å². The van der Waals surface area contributed by atoms with Crippen molar-refractivity contribution in [2.45, 2.75) is 25.0 Å². The highest BCUT2D eigenvalue weighted by atomic mass is 16.3. The Hall–Kier alpha value is -1.91. The van der Waals surface area contributed by atoms with Crippen LogP contribution < -0.4 is 5.73 Å². The maximum Gasteiger partial charge on any atom is 0.0977 e. The Bertz CT molecular complexity index is 674. The molecule has 2 bridgehead atoms. The molecule has 0 amide bonds. The summed E-state index contributed by atoms with van der Waals surface area (Å²) in [6.45, 7) is 2.77. The summed E-state index contributed by atoms with van der Waals surface area (Å²) < 4.78 is 0. The number of pyridine rings is 1. The van der Waals surface area contributed by atoms with E-state index in [0.29, 0.717) is 0 Å². The lowest BCUT2D eigenvalue weighted by Crippen LogP contribution is -2.51. The van der Waals surface area contributed by atoms with Gasteiger partial charge in [-0.1, -0.05) is 18.2 Å². The van der Waals surface area contributed by atoms with Gasteiger partial charge in [-0.2, -0.15) is 0 Å². The van der Waals surface area contributed by atoms with Gasteiger partial charge in [0.2, 0.25) is 0 Å². The van der Waals surface area contributed by atoms with Crippen molar-refractivity contribution >= 4 is 5.69 Å². The average molecular weight is 309 g/mol. The SMILES string of the molecule is Nc1cccc(C2(O)C3CCC2CN(Cc2cccnc2)C3)c1. The summed E-state index contributed by atoms with van der Waals surface area (Å²) in [4.78, 5) is 6.66. The summed E-state index contributed by atoms with van der Waals surface area (Å²) >= 11 is 0. The van der Waals surface area contributed by atoms with E-state index in [0.717, 1.165) is 43.7 Å². The van der Waals surface area contributed by atoms with Crippen LogP contribution >= 0.6 is 0 Å². The topological polar surface area (TPSA) is 62.4 Å². The highest BCUT2D eigenvalue weighted by molar-refractivity contribution is 5.43. The predicted octanol–water partition coefficient (Wildman–Crippen LogP) is 2.39. The molecule has 3 N–H and O–H groups in total. The molecule has 1 saturated heterocycles. The van der Waals surface area contributed by atoms with E-state index in [2.05, 4.69) is 16.0 Å². The minimum absolute atomic E-state index is 0.278. The van der Waals surface area contributed by atoms with Crippen LogP contribution in [-0.4, -0.2) is 28.1 Å². The van der Waals surface area contributed by atoms with Crippen molar-refractivity contribution < 1.29 is 5.11 Å². The highest BCUT2D eigenvalue weighted by Gasteiger charge is 2.53. The minimum Gasteiger partial charge on any atom is -0.399 e. The van der Waals surface area contributed by atoms with Crippen LogP contribution in [-0.2, 0) is 12.1 Å². The maximum absolute atomic E-state index is 11.5. The van der Waals surface area contributed by atoms with Gasteiger partial charge in [0.15, 0.2) is 0 Å². The Balaban J connectivity index is 1.56. The largest absolute Gasteiger partial charge is 0.399 e. The van der Waals surface area contributed by atoms with Crippen LogP contribution in [0.3, 0.4) is 0 Å². The molecule has 2 unspecified atom stereocenters. The van der Waals surface area contributed by atoms with Crippen LogP contribution in [0, 0.1) is 11.8 Å². The van der Waals surface area contributed by atoms with Crippen molar-refractivity contribution in [3.63, 3.8) is 0 Å². The van der Waals surface area contributed by atoms with E-state index in [1.165, 1.54) is 5.56 Å². The normalized spacial score (nSPS) is 30.5. The van der Waals surface area contributed by atoms with Gasteiger partial charge in [0.25, 0.3) is 0 Å². The number of nitrogens with two attached hydrogens (primary N) is 1. The molecule has 4 nitrogen and oxygen atoms in total. The fourth-order valence-corrected chi connectivity index (χ4v) is 4.47. The van der Waals surface area contributed by atoms with Crippen LogP contribution in [0.4, 0.5) is 5.69 Å². The van der Waals surface area contributed by atoms with E-state index in [1.54, 1.807) is 0 Å². The summed E-state index contributed by atoms with van der Waals surface area (Å²) in [5, 5.41) is 11.5. The second-order valence-electron chi connectivity index (χ2n) is 6.98. The van der Waals surface area contributed by atoms with E-state index in [-0.39, 0.29) is 11.8 Å². The van der Waals surface area contributed by atoms with E-state index < -0.39 is 5.60 Å². The molecule has 4 heteroatoms. The van der Waals surface area contributed by atoms with Crippen LogP contribution in [0.1, 0.15) is 24.0 Å². The molecule has 2 aromatic rings. The molecule has 4 rings (SSSR count). The number of fused-ring (bicyclic) bond motifs is 2. The molecule has 2 aliphatic rings. The van der Waals surface area contributed by atoms with Gasteiger partial charge in [0, 0.05) is 49.6 Å². The van der Waals surface area contributed by atoms with Crippen LogP contribution in [0.2, 0.25) is 0 Å². The van der Waals surface area contributed by atoms with Crippen molar-refractivity contribution in [3.8, 4) is 0 Å². The van der Waals surface area contributed by atoms with Gasteiger partial charge >= 0.3 is 0 Å². The lowest BCUT2D eigenvalue weighted by atomic mass is 9.75. The highest BCUT2D eigenvalue weighted by Crippen LogP contribution is 2.51. The number of nitrogens with zero attached hydrogens (tertiary/aromatic N) is 2. The number of aliphatic hydroxyl groups is 1. The number of nitrogen functional groups attached to an aromatic ring is 1. The second kappa shape index (κ2) is 5.62. The summed E-state index contributed by atoms with van der Waals surface area (Å²) in [7, 11) is 0. The zero-order chi connectivity index (χ0) is 15.9. The Morgan fingerprint density at radius 3 is 2.61 bits per heavy atom. The summed E-state index contributed by atoms with van der Waals surface area (Å²) in [6, 6.07) is 11.9. The van der Waals surface area contributed by atoms with Gasteiger partial charge in [-0.25, -0.2) is 0 Å². The molecular weight excluding hydrogens is 286 g/mol. The van der Waals surface area contributed by atoms with Crippen molar-refractivity contribution in [2.75, 3.05) is 18.8 Å². The molecule has 23 heavy (non-hydrogen) atoms. The monoisotopic (exact) mass is 309 g/mol. The number of rotatable bonds is 3. The molecule has 2 fully saturated rings. The molecule has 1 aromatic carbocycles. The number of piperidine rings is 1. The van der Waals surface area contributed by atoms with Gasteiger partial charge in [-0.3, -0.25) is 9.88 Å². The zero-order valence-electron chi connectivity index (χ0n) is 13.2. The van der Waals surface area contributed by atoms with E-state index in [9.17, 15) is 5.11 Å². The first-order chi connectivity index (χ1) is 11.2. The second-order valence-corrected chi connectivity index (χ2v) is 6.98. The van der Waals surface area contributed by atoms with Gasteiger partial charge < -0.3 is 10.8 Å². The molecule has 2 atom stereocenters. The summed E-state index contributed by atoms with van der Waals surface area (Å²) in [5.74, 6) is 0.555. The number of anilines is 1. The average Bonchev–Trinajstić information content (AvgIpc) is 2.74. The van der Waals surface area contributed by atoms with Gasteiger partial charge in [0.05, 0.1) is 5.60 Å². The van der Waals surface area contributed by atoms with Crippen LogP contribution in [0.15, 0.2) is 48.8 Å². The third-order valence-electron chi connectivity index (χ3n) is 5.54. The number of aromatic nitrogens is 1. The summed E-state index contributed by atoms with van der Waals surface area (Å²) in [5.41, 5.74) is 8.17. The van der Waals surface area contributed by atoms with E-state index in [4.69, 9.17) is 5.73 Å². The quantitative estimate of drug-likeness (QED) is 0.855. The standard InChI is InChI=1S/C19H23N3O/c20-18-5-1-4-15(9-18)19(23)16-6-7-17(19)13-22(12-16)11-14-3-2-8-21-10-14/h1-5,8-10,16-17,23H,6-7,11-13,20H2. The minimum atomic E-state index is -0.721. The van der Waals surface area contributed by atoms with E-state index in [1.807, 2.05) is 42.7 Å². The molecular formula is C19H23N3O. The molecule has 1 aromatic heterocycles. The third kappa shape index (κ3) is 2.52. The van der Waals surface area contributed by atoms with Gasteiger partial charge in [-0.05, 0) is 42.2 Å². The van der Waals surface area contributed by atoms with Crippen LogP contribution in [0.25, 0.3) is 0 Å². The first-order valence-corrected chi connectivity index (χ1v) is 8.36. The zero-order valence-corrected chi connectivity index (χ0v) is 13.2. The lowest BCUT2D eigenvalue weighted by Gasteiger charge is -2.45. The number of hydrogen-bond acceptors (Lipinski definition) is 4. The molecule has 120 valence electrons. The summed E-state index contributed by atoms with van der Waals surface area (Å²) in [6.07, 6.45) is 5.90. The van der Waals surface area contributed by atoms with Gasteiger partial charge in [0.1, 0.15) is 0 Å². The Labute approximate surface area is 137 Å². The molecule has 2 heterocycles. The molecule has 1 aliphatic heterocycles. The van der Waals surface area contributed by atoms with Crippen LogP contribution in [0.5, 0.6) is 0 Å². The maximum atomic E-state index is 11.5. The number of likely N-dealkylation sites (tertiary alicyclic amines) is 1. The fraction of sp³-hybridized carbons (Fsp3) is 0.421. The predicted molar refractivity (Wildman–Crippen MR) is 90.5 cm³/mol. The van der Waals surface area contributed by atoms with E-state index >= 15 is 0 Å². The number of hydrogen-bond donors (Lipinski definition) is 2. The molecule has 1 saturated carbocycles. The van der Waals surface area contributed by atoms with Gasteiger partial charge in [-0.15, -0.1) is 0 Å². The Kier molecular flexibility index (Phi) is 3.58. The molecule has 0 radical (unpaired) electrons. The van der Waals surface area contributed by atoms with Crippen molar-refractivity contribution in [2.24, 2.45) is 11.8 Å². The fourth-order valence-electron chi connectivity index (χ4n) is 4.47. The van der Waals surface area contributed by atoms with Crippen molar-refractivity contribution in [1.82, 2.24) is 9.88 Å². The number of benzene rings is 1. The first-order valence-electron chi connectivity index (χ1n) is 8.36. The Morgan fingerprint density at radius 1 is 1.17 bits per heavy atom. The van der Waals surface area contributed by atoms with Crippen molar-refractivity contribution in [1.29, 1.82) is 0 Å². The molecule has 0 spiro atoms. The molecule has 1 aliphatic carbocycles. The lowest BCUT2D eigenvalue weighted by molar-refractivity contribution is -0.0914.